The minimum Gasteiger partial charge on any atom is -0.493 e. The number of aryl methyl sites for hydroxylation is 1. The molecule has 0 spiro atoms. The number of methoxy groups -OCH3 is 2. The number of amides is 1. The molecule has 1 amide bonds. The summed E-state index contributed by atoms with van der Waals surface area (Å²) in [5.41, 5.74) is 1.62. The number of thioether (sulfide) groups is 1. The van der Waals surface area contributed by atoms with Crippen LogP contribution in [-0.2, 0) is 0 Å². The molecule has 1 fully saturated rings. The number of carbonyl (C=O) groups excluding carboxylic acids is 1. The summed E-state index contributed by atoms with van der Waals surface area (Å²) in [4.78, 5) is 25.5. The van der Waals surface area contributed by atoms with Crippen molar-refractivity contribution in [1.29, 1.82) is 0 Å². The van der Waals surface area contributed by atoms with E-state index in [0.29, 0.717) is 29.2 Å². The van der Waals surface area contributed by atoms with Gasteiger partial charge in [-0.15, -0.1) is 11.8 Å². The zero-order valence-electron chi connectivity index (χ0n) is 15.3. The van der Waals surface area contributed by atoms with Crippen molar-refractivity contribution in [3.63, 3.8) is 0 Å². The second-order valence-electron chi connectivity index (χ2n) is 6.06. The number of hydrogen-bond donors (Lipinski definition) is 0. The molecular formula is C19H20N2O5S. The minimum atomic E-state index is -0.465. The maximum atomic E-state index is 13.1. The van der Waals surface area contributed by atoms with E-state index in [1.165, 1.54) is 6.07 Å². The molecule has 1 heterocycles. The van der Waals surface area contributed by atoms with Crippen LogP contribution in [0.4, 0.5) is 5.69 Å². The highest BCUT2D eigenvalue weighted by Crippen LogP contribution is 2.45. The van der Waals surface area contributed by atoms with E-state index in [-0.39, 0.29) is 17.0 Å². The molecule has 1 atom stereocenters. The highest BCUT2D eigenvalue weighted by atomic mass is 32.2. The van der Waals surface area contributed by atoms with Crippen LogP contribution in [-0.4, -0.2) is 42.2 Å². The van der Waals surface area contributed by atoms with E-state index in [4.69, 9.17) is 9.47 Å². The zero-order chi connectivity index (χ0) is 19.6. The third-order valence-corrected chi connectivity index (χ3v) is 5.75. The van der Waals surface area contributed by atoms with E-state index >= 15 is 0 Å². The number of ether oxygens (including phenoxy) is 2. The lowest BCUT2D eigenvalue weighted by Gasteiger charge is -2.26. The van der Waals surface area contributed by atoms with Crippen molar-refractivity contribution in [3.8, 4) is 11.5 Å². The molecule has 2 aromatic carbocycles. The van der Waals surface area contributed by atoms with Crippen molar-refractivity contribution in [2.75, 3.05) is 26.5 Å². The van der Waals surface area contributed by atoms with E-state index in [2.05, 4.69) is 0 Å². The van der Waals surface area contributed by atoms with Crippen LogP contribution in [0.25, 0.3) is 0 Å². The summed E-state index contributed by atoms with van der Waals surface area (Å²) in [6.07, 6.45) is 0. The topological polar surface area (TPSA) is 81.9 Å². The molecule has 0 unspecified atom stereocenters. The number of nitro groups is 1. The summed E-state index contributed by atoms with van der Waals surface area (Å²) in [5.74, 6) is 1.72. The van der Waals surface area contributed by atoms with Gasteiger partial charge in [-0.3, -0.25) is 14.9 Å². The number of para-hydroxylation sites is 1. The first-order valence-corrected chi connectivity index (χ1v) is 9.41. The molecule has 27 heavy (non-hydrogen) atoms. The average Bonchev–Trinajstić information content (AvgIpc) is 3.16. The standard InChI is InChI=1S/C19H20N2O5S/c1-12-7-8-13(11-15(12)21(23)24)18(22)20-9-10-27-19(20)14-5-4-6-16(25-2)17(14)26-3/h4-8,11,19H,9-10H2,1-3H3/t19-/m0/s1. The van der Waals surface area contributed by atoms with E-state index in [1.54, 1.807) is 56.0 Å². The van der Waals surface area contributed by atoms with Gasteiger partial charge in [0.1, 0.15) is 5.37 Å². The molecule has 3 rings (SSSR count). The molecule has 0 N–H and O–H groups in total. The average molecular weight is 388 g/mol. The Morgan fingerprint density at radius 3 is 2.70 bits per heavy atom. The first-order chi connectivity index (χ1) is 13.0. The Kier molecular flexibility index (Phi) is 5.55. The lowest BCUT2D eigenvalue weighted by molar-refractivity contribution is -0.385. The number of hydrogen-bond acceptors (Lipinski definition) is 6. The maximum absolute atomic E-state index is 13.1. The fourth-order valence-electron chi connectivity index (χ4n) is 3.15. The Hall–Kier alpha value is -2.74. The van der Waals surface area contributed by atoms with Crippen LogP contribution in [0.5, 0.6) is 11.5 Å². The second-order valence-corrected chi connectivity index (χ2v) is 7.25. The van der Waals surface area contributed by atoms with Crippen LogP contribution in [0.3, 0.4) is 0 Å². The van der Waals surface area contributed by atoms with Crippen molar-refractivity contribution in [3.05, 3.63) is 63.2 Å². The van der Waals surface area contributed by atoms with E-state index in [1.807, 2.05) is 12.1 Å². The summed E-state index contributed by atoms with van der Waals surface area (Å²) >= 11 is 1.62. The lowest BCUT2D eigenvalue weighted by atomic mass is 10.1. The Balaban J connectivity index is 1.97. The Labute approximate surface area is 161 Å². The normalized spacial score (nSPS) is 16.3. The smallest absolute Gasteiger partial charge is 0.273 e. The fourth-order valence-corrected chi connectivity index (χ4v) is 4.42. The van der Waals surface area contributed by atoms with Crippen LogP contribution in [0.1, 0.15) is 26.9 Å². The number of rotatable bonds is 5. The van der Waals surface area contributed by atoms with E-state index < -0.39 is 4.92 Å². The molecule has 0 aromatic heterocycles. The maximum Gasteiger partial charge on any atom is 0.273 e. The Morgan fingerprint density at radius 1 is 1.26 bits per heavy atom. The van der Waals surface area contributed by atoms with E-state index in [9.17, 15) is 14.9 Å². The fraction of sp³-hybridized carbons (Fsp3) is 0.316. The van der Waals surface area contributed by atoms with Gasteiger partial charge in [0, 0.05) is 35.1 Å². The summed E-state index contributed by atoms with van der Waals surface area (Å²) < 4.78 is 10.9. The van der Waals surface area contributed by atoms with Gasteiger partial charge in [-0.05, 0) is 19.1 Å². The SMILES string of the molecule is COc1cccc([C@@H]2SCCN2C(=O)c2ccc(C)c([N+](=O)[O-])c2)c1OC. The van der Waals surface area contributed by atoms with E-state index in [0.717, 1.165) is 11.3 Å². The first-order valence-electron chi connectivity index (χ1n) is 8.36. The molecule has 1 aliphatic rings. The van der Waals surface area contributed by atoms with Crippen molar-refractivity contribution in [2.24, 2.45) is 0 Å². The van der Waals surface area contributed by atoms with Crippen LogP contribution >= 0.6 is 11.8 Å². The predicted molar refractivity (Wildman–Crippen MR) is 104 cm³/mol. The van der Waals surface area contributed by atoms with Crippen molar-refractivity contribution in [2.45, 2.75) is 12.3 Å². The molecule has 1 saturated heterocycles. The number of nitro benzene ring substituents is 1. The highest BCUT2D eigenvalue weighted by molar-refractivity contribution is 7.99. The van der Waals surface area contributed by atoms with Gasteiger partial charge in [-0.25, -0.2) is 0 Å². The van der Waals surface area contributed by atoms with Gasteiger partial charge in [0.2, 0.25) is 0 Å². The lowest BCUT2D eigenvalue weighted by Crippen LogP contribution is -2.30. The zero-order valence-corrected chi connectivity index (χ0v) is 16.1. The monoisotopic (exact) mass is 388 g/mol. The number of nitrogens with zero attached hydrogens (tertiary/aromatic N) is 2. The summed E-state index contributed by atoms with van der Waals surface area (Å²) in [6, 6.07) is 10.2. The van der Waals surface area contributed by atoms with Gasteiger partial charge >= 0.3 is 0 Å². The molecule has 8 heteroatoms. The second kappa shape index (κ2) is 7.87. The van der Waals surface area contributed by atoms with Crippen LogP contribution in [0.2, 0.25) is 0 Å². The molecule has 142 valence electrons. The third-order valence-electron chi connectivity index (χ3n) is 4.50. The predicted octanol–water partition coefficient (Wildman–Crippen LogP) is 3.81. The third kappa shape index (κ3) is 3.57. The van der Waals surface area contributed by atoms with Gasteiger partial charge in [-0.1, -0.05) is 18.2 Å². The summed E-state index contributed by atoms with van der Waals surface area (Å²) in [5, 5.41) is 11.0. The van der Waals surface area contributed by atoms with Gasteiger partial charge in [0.15, 0.2) is 11.5 Å². The quantitative estimate of drug-likeness (QED) is 0.572. The van der Waals surface area contributed by atoms with Gasteiger partial charge in [0.05, 0.1) is 19.1 Å². The van der Waals surface area contributed by atoms with Gasteiger partial charge in [0.25, 0.3) is 11.6 Å². The molecule has 7 nitrogen and oxygen atoms in total. The number of benzene rings is 2. The summed E-state index contributed by atoms with van der Waals surface area (Å²) in [6.45, 7) is 2.21. The van der Waals surface area contributed by atoms with Crippen LogP contribution in [0.15, 0.2) is 36.4 Å². The molecular weight excluding hydrogens is 368 g/mol. The molecule has 0 saturated carbocycles. The molecule has 1 aliphatic heterocycles. The number of carbonyl (C=O) groups is 1. The highest BCUT2D eigenvalue weighted by Gasteiger charge is 2.34. The minimum absolute atomic E-state index is 0.0526. The molecule has 0 bridgehead atoms. The summed E-state index contributed by atoms with van der Waals surface area (Å²) in [7, 11) is 3.13. The Bertz CT molecular complexity index is 886. The van der Waals surface area contributed by atoms with Crippen LogP contribution in [0, 0.1) is 17.0 Å². The Morgan fingerprint density at radius 2 is 2.04 bits per heavy atom. The van der Waals surface area contributed by atoms with Crippen molar-refractivity contribution >= 4 is 23.4 Å². The van der Waals surface area contributed by atoms with Crippen molar-refractivity contribution in [1.82, 2.24) is 4.90 Å². The molecule has 0 radical (unpaired) electrons. The molecule has 2 aromatic rings. The molecule has 0 aliphatic carbocycles. The largest absolute Gasteiger partial charge is 0.493 e. The first kappa shape index (κ1) is 19.0. The van der Waals surface area contributed by atoms with Gasteiger partial charge < -0.3 is 14.4 Å². The van der Waals surface area contributed by atoms with Crippen molar-refractivity contribution < 1.29 is 19.2 Å². The van der Waals surface area contributed by atoms with Gasteiger partial charge in [-0.2, -0.15) is 0 Å². The van der Waals surface area contributed by atoms with Crippen LogP contribution < -0.4 is 9.47 Å².